The van der Waals surface area contributed by atoms with Crippen LogP contribution >= 0.6 is 15.9 Å². The number of aryl methyl sites for hydroxylation is 1. The number of pyridine rings is 1. The van der Waals surface area contributed by atoms with Crippen LogP contribution in [-0.4, -0.2) is 40.9 Å². The largest absolute Gasteiger partial charge is 0.346 e. The Morgan fingerprint density at radius 2 is 1.93 bits per heavy atom. The summed E-state index contributed by atoms with van der Waals surface area (Å²) in [7, 11) is 0. The highest BCUT2D eigenvalue weighted by atomic mass is 79.9. The lowest BCUT2D eigenvalue weighted by Gasteiger charge is -2.29. The Morgan fingerprint density at radius 3 is 2.87 bits per heavy atom. The molecule has 6 rings (SSSR count). The Hall–Kier alpha value is -3.33. The molecule has 30 heavy (non-hydrogen) atoms. The van der Waals surface area contributed by atoms with E-state index >= 15 is 0 Å². The fourth-order valence-electron chi connectivity index (χ4n) is 3.97. The molecular weight excluding hydrogens is 444 g/mol. The molecule has 0 saturated carbocycles. The third-order valence-corrected chi connectivity index (χ3v) is 6.53. The van der Waals surface area contributed by atoms with Gasteiger partial charge >= 0.3 is 0 Å². The van der Waals surface area contributed by atoms with Crippen LogP contribution in [0.4, 0.5) is 5.82 Å². The number of hydrogen-bond donors (Lipinski definition) is 0. The van der Waals surface area contributed by atoms with Crippen molar-refractivity contribution in [3.8, 4) is 11.1 Å². The molecule has 5 aromatic rings. The fourth-order valence-corrected chi connectivity index (χ4v) is 4.48. The molecule has 0 saturated heterocycles. The summed E-state index contributed by atoms with van der Waals surface area (Å²) in [5.74, 6) is 1.84. The van der Waals surface area contributed by atoms with E-state index in [1.165, 1.54) is 0 Å². The second-order valence-corrected chi connectivity index (χ2v) is 8.16. The van der Waals surface area contributed by atoms with Crippen molar-refractivity contribution in [3.05, 3.63) is 65.0 Å². The van der Waals surface area contributed by atoms with E-state index in [0.29, 0.717) is 6.54 Å². The predicted octanol–water partition coefficient (Wildman–Crippen LogP) is 3.63. The molecule has 0 N–H and O–H groups in total. The highest BCUT2D eigenvalue weighted by molar-refractivity contribution is 9.10. The zero-order chi connectivity index (χ0) is 20.2. The van der Waals surface area contributed by atoms with Gasteiger partial charge in [0.1, 0.15) is 18.0 Å². The van der Waals surface area contributed by atoms with Crippen LogP contribution in [0.3, 0.4) is 0 Å². The van der Waals surface area contributed by atoms with Crippen molar-refractivity contribution in [2.75, 3.05) is 11.4 Å². The third-order valence-electron chi connectivity index (χ3n) is 5.60. The number of hydrogen-bond acceptors (Lipinski definition) is 6. The minimum Gasteiger partial charge on any atom is -0.346 e. The average Bonchev–Trinajstić information content (AvgIpc) is 3.42. The minimum atomic E-state index is 0.669. The standard InChI is InChI=1S/C21H17BrN8/c1-13-19(22)21(28-6-7-29-18(11-28)24-12-26-29)27-20-16(10-25-30(13)20)15-8-14-4-2-3-5-17(14)23-9-15/h2-5,8-10,12H,6-7,11H2,1H3. The van der Waals surface area contributed by atoms with Gasteiger partial charge in [-0.3, -0.25) is 4.98 Å². The SMILES string of the molecule is Cc1c(Br)c(N2CCn3ncnc3C2)nc2c(-c3cnc4ccccc4c3)cnn12. The zero-order valence-electron chi connectivity index (χ0n) is 16.2. The van der Waals surface area contributed by atoms with Crippen LogP contribution in [0.15, 0.2) is 53.5 Å². The Balaban J connectivity index is 1.50. The Morgan fingerprint density at radius 1 is 1.03 bits per heavy atom. The predicted molar refractivity (Wildman–Crippen MR) is 117 cm³/mol. The summed E-state index contributed by atoms with van der Waals surface area (Å²) in [5.41, 5.74) is 4.76. The van der Waals surface area contributed by atoms with Gasteiger partial charge in [0, 0.05) is 29.3 Å². The number of anilines is 1. The molecule has 1 aliphatic rings. The summed E-state index contributed by atoms with van der Waals surface area (Å²) in [4.78, 5) is 16.2. The molecule has 0 aliphatic carbocycles. The number of fused-ring (bicyclic) bond motifs is 3. The maximum absolute atomic E-state index is 5.03. The van der Waals surface area contributed by atoms with Gasteiger partial charge in [-0.2, -0.15) is 10.2 Å². The van der Waals surface area contributed by atoms with Crippen molar-refractivity contribution >= 4 is 38.3 Å². The Bertz CT molecular complexity index is 1420. The van der Waals surface area contributed by atoms with Gasteiger partial charge in [0.2, 0.25) is 0 Å². The van der Waals surface area contributed by atoms with E-state index in [4.69, 9.17) is 4.98 Å². The molecule has 1 aliphatic heterocycles. The molecule has 0 bridgehead atoms. The Labute approximate surface area is 180 Å². The molecule has 1 aromatic carbocycles. The van der Waals surface area contributed by atoms with Crippen molar-refractivity contribution in [1.82, 2.24) is 34.3 Å². The van der Waals surface area contributed by atoms with E-state index in [9.17, 15) is 0 Å². The smallest absolute Gasteiger partial charge is 0.165 e. The van der Waals surface area contributed by atoms with Gasteiger partial charge in [0.05, 0.1) is 35.0 Å². The Kier molecular flexibility index (Phi) is 3.85. The van der Waals surface area contributed by atoms with Crippen LogP contribution in [0.5, 0.6) is 0 Å². The topological polar surface area (TPSA) is 77.0 Å². The summed E-state index contributed by atoms with van der Waals surface area (Å²) in [6.07, 6.45) is 5.36. The van der Waals surface area contributed by atoms with Crippen LogP contribution < -0.4 is 4.90 Å². The van der Waals surface area contributed by atoms with E-state index in [-0.39, 0.29) is 0 Å². The van der Waals surface area contributed by atoms with Crippen molar-refractivity contribution in [2.24, 2.45) is 0 Å². The molecule has 0 fully saturated rings. The summed E-state index contributed by atoms with van der Waals surface area (Å²) in [5, 5.41) is 9.97. The summed E-state index contributed by atoms with van der Waals surface area (Å²) in [6.45, 7) is 4.32. The maximum atomic E-state index is 5.03. The molecule has 5 heterocycles. The lowest BCUT2D eigenvalue weighted by molar-refractivity contribution is 0.509. The number of nitrogens with zero attached hydrogens (tertiary/aromatic N) is 8. The number of halogens is 1. The molecule has 0 amide bonds. The maximum Gasteiger partial charge on any atom is 0.165 e. The second kappa shape index (κ2) is 6.60. The van der Waals surface area contributed by atoms with Crippen LogP contribution in [0.2, 0.25) is 0 Å². The van der Waals surface area contributed by atoms with Gasteiger partial charge in [-0.25, -0.2) is 19.2 Å². The molecule has 0 unspecified atom stereocenters. The van der Waals surface area contributed by atoms with Crippen molar-refractivity contribution in [2.45, 2.75) is 20.0 Å². The molecule has 148 valence electrons. The minimum absolute atomic E-state index is 0.669. The van der Waals surface area contributed by atoms with Crippen molar-refractivity contribution < 1.29 is 0 Å². The number of aromatic nitrogens is 7. The van der Waals surface area contributed by atoms with Gasteiger partial charge in [-0.15, -0.1) is 0 Å². The molecule has 0 radical (unpaired) electrons. The lowest BCUT2D eigenvalue weighted by Crippen LogP contribution is -2.35. The highest BCUT2D eigenvalue weighted by Gasteiger charge is 2.24. The zero-order valence-corrected chi connectivity index (χ0v) is 17.8. The fraction of sp³-hybridized carbons (Fsp3) is 0.190. The first-order valence-corrected chi connectivity index (χ1v) is 10.5. The number of rotatable bonds is 2. The molecule has 8 nitrogen and oxygen atoms in total. The molecule has 9 heteroatoms. The van der Waals surface area contributed by atoms with Crippen molar-refractivity contribution in [1.29, 1.82) is 0 Å². The average molecular weight is 461 g/mol. The lowest BCUT2D eigenvalue weighted by atomic mass is 10.1. The van der Waals surface area contributed by atoms with Crippen molar-refractivity contribution in [3.63, 3.8) is 0 Å². The van der Waals surface area contributed by atoms with Gasteiger partial charge in [-0.1, -0.05) is 18.2 Å². The molecule has 0 atom stereocenters. The van der Waals surface area contributed by atoms with Gasteiger partial charge < -0.3 is 4.90 Å². The van der Waals surface area contributed by atoms with Crippen LogP contribution in [0, 0.1) is 6.92 Å². The summed E-state index contributed by atoms with van der Waals surface area (Å²) in [6, 6.07) is 10.3. The summed E-state index contributed by atoms with van der Waals surface area (Å²) >= 11 is 3.75. The summed E-state index contributed by atoms with van der Waals surface area (Å²) < 4.78 is 4.76. The van der Waals surface area contributed by atoms with Crippen LogP contribution in [0.1, 0.15) is 11.5 Å². The monoisotopic (exact) mass is 460 g/mol. The van der Waals surface area contributed by atoms with Crippen LogP contribution in [0.25, 0.3) is 27.7 Å². The van der Waals surface area contributed by atoms with Gasteiger partial charge in [-0.05, 0) is 35.0 Å². The second-order valence-electron chi connectivity index (χ2n) is 7.37. The number of benzene rings is 1. The normalized spacial score (nSPS) is 13.9. The molecular formula is C21H17BrN8. The van der Waals surface area contributed by atoms with Gasteiger partial charge in [0.15, 0.2) is 5.65 Å². The number of para-hydroxylation sites is 1. The first kappa shape index (κ1) is 17.5. The van der Waals surface area contributed by atoms with E-state index in [1.807, 2.05) is 46.7 Å². The first-order chi connectivity index (χ1) is 14.7. The van der Waals surface area contributed by atoms with Crippen LogP contribution in [-0.2, 0) is 13.1 Å². The third kappa shape index (κ3) is 2.62. The van der Waals surface area contributed by atoms with Gasteiger partial charge in [0.25, 0.3) is 0 Å². The first-order valence-electron chi connectivity index (χ1n) is 9.69. The van der Waals surface area contributed by atoms with E-state index in [2.05, 4.69) is 53.1 Å². The van der Waals surface area contributed by atoms with E-state index < -0.39 is 0 Å². The van der Waals surface area contributed by atoms with E-state index in [1.54, 1.807) is 6.33 Å². The quantitative estimate of drug-likeness (QED) is 0.400. The highest BCUT2D eigenvalue weighted by Crippen LogP contribution is 2.34. The molecule has 0 spiro atoms. The molecule has 4 aromatic heterocycles. The van der Waals surface area contributed by atoms with E-state index in [0.717, 1.165) is 62.6 Å².